The van der Waals surface area contributed by atoms with Crippen molar-refractivity contribution < 1.29 is 23.9 Å². The monoisotopic (exact) mass is 276 g/mol. The van der Waals surface area contributed by atoms with Gasteiger partial charge in [0.15, 0.2) is 0 Å². The van der Waals surface area contributed by atoms with Crippen LogP contribution in [-0.4, -0.2) is 56.1 Å². The minimum absolute atomic E-state index is 0.0578. The van der Waals surface area contributed by atoms with Crippen molar-refractivity contribution in [1.29, 1.82) is 0 Å². The first-order valence-electron chi connectivity index (χ1n) is 6.10. The Kier molecular flexibility index (Phi) is 7.40. The van der Waals surface area contributed by atoms with Gasteiger partial charge in [0.05, 0.1) is 13.7 Å². The Morgan fingerprint density at radius 1 is 1.32 bits per heavy atom. The summed E-state index contributed by atoms with van der Waals surface area (Å²) in [5, 5.41) is 3.49. The van der Waals surface area contributed by atoms with Gasteiger partial charge >= 0.3 is 6.09 Å². The zero-order valence-corrected chi connectivity index (χ0v) is 12.5. The Labute approximate surface area is 114 Å². The highest BCUT2D eigenvalue weighted by Gasteiger charge is 2.26. The van der Waals surface area contributed by atoms with E-state index in [1.54, 1.807) is 27.7 Å². The second-order valence-corrected chi connectivity index (χ2v) is 4.88. The predicted molar refractivity (Wildman–Crippen MR) is 69.4 cm³/mol. The maximum Gasteiger partial charge on any atom is 0.408 e. The minimum atomic E-state index is -0.847. The number of ether oxygens (including phenoxy) is 2. The highest BCUT2D eigenvalue weighted by Crippen LogP contribution is 2.07. The Bertz CT molecular complexity index is 301. The summed E-state index contributed by atoms with van der Waals surface area (Å²) < 4.78 is 10.3. The Hall–Kier alpha value is -1.34. The summed E-state index contributed by atoms with van der Waals surface area (Å²) in [6, 6.07) is -0.847. The van der Waals surface area contributed by atoms with Crippen molar-refractivity contribution in [2.75, 3.05) is 27.4 Å². The van der Waals surface area contributed by atoms with Gasteiger partial charge in [-0.1, -0.05) is 0 Å². The molecule has 0 aliphatic rings. The third kappa shape index (κ3) is 7.63. The third-order valence-electron chi connectivity index (χ3n) is 2.06. The van der Waals surface area contributed by atoms with E-state index < -0.39 is 23.6 Å². The molecule has 0 aromatic heterocycles. The van der Waals surface area contributed by atoms with E-state index >= 15 is 0 Å². The largest absolute Gasteiger partial charge is 0.444 e. The maximum absolute atomic E-state index is 11.9. The van der Waals surface area contributed by atoms with Crippen LogP contribution in [0.1, 0.15) is 27.7 Å². The molecule has 0 saturated heterocycles. The van der Waals surface area contributed by atoms with Crippen LogP contribution in [0, 0.1) is 0 Å². The van der Waals surface area contributed by atoms with Crippen LogP contribution in [0.4, 0.5) is 4.79 Å². The molecule has 0 rings (SSSR count). The van der Waals surface area contributed by atoms with Crippen molar-refractivity contribution in [3.8, 4) is 0 Å². The summed E-state index contributed by atoms with van der Waals surface area (Å²) in [4.78, 5) is 28.4. The normalized spacial score (nSPS) is 12.7. The first-order valence-corrected chi connectivity index (χ1v) is 6.10. The number of hydroxylamine groups is 2. The topological polar surface area (TPSA) is 77.1 Å². The van der Waals surface area contributed by atoms with Crippen molar-refractivity contribution >= 4 is 12.0 Å². The number of amides is 2. The van der Waals surface area contributed by atoms with E-state index in [0.717, 1.165) is 5.06 Å². The smallest absolute Gasteiger partial charge is 0.408 e. The summed E-state index contributed by atoms with van der Waals surface area (Å²) in [6.45, 7) is 7.53. The number of nitrogens with one attached hydrogen (secondary N) is 1. The first-order chi connectivity index (χ1) is 8.71. The molecule has 0 bridgehead atoms. The van der Waals surface area contributed by atoms with Gasteiger partial charge in [-0.25, -0.2) is 9.86 Å². The Morgan fingerprint density at radius 3 is 2.32 bits per heavy atom. The van der Waals surface area contributed by atoms with E-state index in [1.165, 1.54) is 14.2 Å². The molecule has 0 unspecified atom stereocenters. The molecular formula is C12H24N2O5. The van der Waals surface area contributed by atoms with Gasteiger partial charge in [0, 0.05) is 13.7 Å². The number of rotatable bonds is 6. The zero-order valence-electron chi connectivity index (χ0n) is 12.5. The SMILES string of the molecule is CCOC[C@@H](NC(=O)OC(C)(C)C)C(=O)N(C)OC. The molecule has 7 nitrogen and oxygen atoms in total. The van der Waals surface area contributed by atoms with Crippen LogP contribution in [0.15, 0.2) is 0 Å². The lowest BCUT2D eigenvalue weighted by Gasteiger charge is -2.25. The van der Waals surface area contributed by atoms with Crippen molar-refractivity contribution in [1.82, 2.24) is 10.4 Å². The molecule has 0 aromatic rings. The van der Waals surface area contributed by atoms with Crippen LogP contribution in [-0.2, 0) is 19.1 Å². The maximum atomic E-state index is 11.9. The highest BCUT2D eigenvalue weighted by molar-refractivity contribution is 5.85. The molecule has 112 valence electrons. The van der Waals surface area contributed by atoms with Gasteiger partial charge < -0.3 is 14.8 Å². The molecular weight excluding hydrogens is 252 g/mol. The van der Waals surface area contributed by atoms with E-state index in [9.17, 15) is 9.59 Å². The van der Waals surface area contributed by atoms with E-state index in [2.05, 4.69) is 5.32 Å². The highest BCUT2D eigenvalue weighted by atomic mass is 16.7. The quantitative estimate of drug-likeness (QED) is 0.730. The molecule has 0 saturated carbocycles. The number of alkyl carbamates (subject to hydrolysis) is 1. The van der Waals surface area contributed by atoms with E-state index in [0.29, 0.717) is 6.61 Å². The molecule has 0 spiro atoms. The van der Waals surface area contributed by atoms with Crippen LogP contribution in [0.25, 0.3) is 0 Å². The fourth-order valence-electron chi connectivity index (χ4n) is 1.17. The third-order valence-corrected chi connectivity index (χ3v) is 2.06. The van der Waals surface area contributed by atoms with Gasteiger partial charge in [-0.05, 0) is 27.7 Å². The van der Waals surface area contributed by atoms with Gasteiger partial charge in [-0.3, -0.25) is 9.63 Å². The molecule has 0 aromatic carbocycles. The van der Waals surface area contributed by atoms with Gasteiger partial charge in [-0.2, -0.15) is 0 Å². The second kappa shape index (κ2) is 7.96. The number of likely N-dealkylation sites (N-methyl/N-ethyl adjacent to an activating group) is 1. The fourth-order valence-corrected chi connectivity index (χ4v) is 1.17. The average Bonchev–Trinajstić information content (AvgIpc) is 2.30. The lowest BCUT2D eigenvalue weighted by Crippen LogP contribution is -2.50. The number of carbonyl (C=O) groups is 2. The molecule has 0 fully saturated rings. The standard InChI is InChI=1S/C12H24N2O5/c1-7-18-8-9(10(15)14(5)17-6)13-11(16)19-12(2,3)4/h9H,7-8H2,1-6H3,(H,13,16)/t9-/m1/s1. The molecule has 0 aliphatic carbocycles. The zero-order chi connectivity index (χ0) is 15.1. The molecule has 2 amide bonds. The van der Waals surface area contributed by atoms with Gasteiger partial charge in [0.1, 0.15) is 11.6 Å². The summed E-state index contributed by atoms with van der Waals surface area (Å²) in [5.41, 5.74) is -0.629. The van der Waals surface area contributed by atoms with Gasteiger partial charge in [0.25, 0.3) is 5.91 Å². The fraction of sp³-hybridized carbons (Fsp3) is 0.833. The van der Waals surface area contributed by atoms with E-state index in [1.807, 2.05) is 0 Å². The molecule has 0 aliphatic heterocycles. The molecule has 1 N–H and O–H groups in total. The molecule has 19 heavy (non-hydrogen) atoms. The Morgan fingerprint density at radius 2 is 1.89 bits per heavy atom. The molecule has 0 radical (unpaired) electrons. The second-order valence-electron chi connectivity index (χ2n) is 4.88. The summed E-state index contributed by atoms with van der Waals surface area (Å²) in [7, 11) is 2.82. The first kappa shape index (κ1) is 17.7. The number of carbonyl (C=O) groups excluding carboxylic acids is 2. The number of hydrogen-bond acceptors (Lipinski definition) is 5. The van der Waals surface area contributed by atoms with Crippen molar-refractivity contribution in [2.24, 2.45) is 0 Å². The van der Waals surface area contributed by atoms with E-state index in [4.69, 9.17) is 14.3 Å². The van der Waals surface area contributed by atoms with Gasteiger partial charge in [0.2, 0.25) is 0 Å². The summed E-state index contributed by atoms with van der Waals surface area (Å²) in [5.74, 6) is -0.415. The average molecular weight is 276 g/mol. The lowest BCUT2D eigenvalue weighted by molar-refractivity contribution is -0.172. The van der Waals surface area contributed by atoms with E-state index in [-0.39, 0.29) is 6.61 Å². The van der Waals surface area contributed by atoms with Crippen molar-refractivity contribution in [3.05, 3.63) is 0 Å². The summed E-state index contributed by atoms with van der Waals surface area (Å²) >= 11 is 0. The van der Waals surface area contributed by atoms with Crippen LogP contribution in [0.3, 0.4) is 0 Å². The molecule has 7 heteroatoms. The lowest BCUT2D eigenvalue weighted by atomic mass is 10.2. The van der Waals surface area contributed by atoms with Crippen LogP contribution in [0.2, 0.25) is 0 Å². The minimum Gasteiger partial charge on any atom is -0.444 e. The van der Waals surface area contributed by atoms with Crippen molar-refractivity contribution in [2.45, 2.75) is 39.3 Å². The van der Waals surface area contributed by atoms with Crippen molar-refractivity contribution in [3.63, 3.8) is 0 Å². The molecule has 0 heterocycles. The predicted octanol–water partition coefficient (Wildman–Crippen LogP) is 0.936. The molecule has 1 atom stereocenters. The van der Waals surface area contributed by atoms with Crippen LogP contribution in [0.5, 0.6) is 0 Å². The van der Waals surface area contributed by atoms with Crippen LogP contribution >= 0.6 is 0 Å². The number of nitrogens with zero attached hydrogens (tertiary/aromatic N) is 1. The van der Waals surface area contributed by atoms with Crippen LogP contribution < -0.4 is 5.32 Å². The number of hydrogen-bond donors (Lipinski definition) is 1. The Balaban J connectivity index is 4.59. The van der Waals surface area contributed by atoms with Gasteiger partial charge in [-0.15, -0.1) is 0 Å². The summed E-state index contributed by atoms with van der Waals surface area (Å²) in [6.07, 6.45) is -0.671.